The number of nitrogens with two attached hydrogens (primary N) is 1. The molecule has 0 atom stereocenters. The number of unbranched alkanes of at least 4 members (excludes halogenated alkanes) is 3. The van der Waals surface area contributed by atoms with Gasteiger partial charge >= 0.3 is 0 Å². The Morgan fingerprint density at radius 2 is 1.72 bits per heavy atom. The average Bonchev–Trinajstić information content (AvgIpc) is 2.38. The van der Waals surface area contributed by atoms with Crippen LogP contribution in [0, 0.1) is 0 Å². The van der Waals surface area contributed by atoms with Crippen molar-refractivity contribution in [3.8, 4) is 0 Å². The van der Waals surface area contributed by atoms with Gasteiger partial charge in [-0.15, -0.1) is 0 Å². The first-order valence-electron chi connectivity index (χ1n) is 7.33. The highest BCUT2D eigenvalue weighted by Gasteiger charge is 2.13. The lowest BCUT2D eigenvalue weighted by Crippen LogP contribution is -2.34. The van der Waals surface area contributed by atoms with Crippen LogP contribution in [0.2, 0.25) is 0 Å². The van der Waals surface area contributed by atoms with Crippen LogP contribution in [-0.2, 0) is 4.79 Å². The molecule has 0 spiro atoms. The number of rotatable bonds is 10. The fourth-order valence-corrected chi connectivity index (χ4v) is 1.81. The molecular weight excluding hydrogens is 224 g/mol. The standard InChI is InChI=1S/C15H30N2O/c1-4-6-8-10-14(3)15(18)17(12-7-5-2)13-9-11-16/h10H,4-9,11-13,16H2,1-3H3. The summed E-state index contributed by atoms with van der Waals surface area (Å²) in [4.78, 5) is 14.2. The van der Waals surface area contributed by atoms with E-state index in [1.165, 1.54) is 6.42 Å². The second kappa shape index (κ2) is 11.3. The maximum Gasteiger partial charge on any atom is 0.249 e. The molecule has 3 nitrogen and oxygen atoms in total. The monoisotopic (exact) mass is 254 g/mol. The molecule has 0 heterocycles. The van der Waals surface area contributed by atoms with Crippen LogP contribution in [-0.4, -0.2) is 30.4 Å². The van der Waals surface area contributed by atoms with Crippen molar-refractivity contribution in [2.75, 3.05) is 19.6 Å². The highest BCUT2D eigenvalue weighted by molar-refractivity contribution is 5.92. The van der Waals surface area contributed by atoms with Crippen LogP contribution in [0.3, 0.4) is 0 Å². The van der Waals surface area contributed by atoms with Crippen molar-refractivity contribution in [3.05, 3.63) is 11.6 Å². The highest BCUT2D eigenvalue weighted by Crippen LogP contribution is 2.07. The molecule has 106 valence electrons. The fourth-order valence-electron chi connectivity index (χ4n) is 1.81. The van der Waals surface area contributed by atoms with Crippen LogP contribution >= 0.6 is 0 Å². The number of hydrogen-bond donors (Lipinski definition) is 1. The summed E-state index contributed by atoms with van der Waals surface area (Å²) >= 11 is 0. The van der Waals surface area contributed by atoms with Crippen LogP contribution in [0.5, 0.6) is 0 Å². The summed E-state index contributed by atoms with van der Waals surface area (Å²) in [6.07, 6.45) is 8.48. The third-order valence-corrected chi connectivity index (χ3v) is 3.05. The van der Waals surface area contributed by atoms with Crippen molar-refractivity contribution in [3.63, 3.8) is 0 Å². The Kier molecular flexibility index (Phi) is 10.8. The van der Waals surface area contributed by atoms with E-state index in [1.807, 2.05) is 11.8 Å². The van der Waals surface area contributed by atoms with E-state index in [-0.39, 0.29) is 5.91 Å². The van der Waals surface area contributed by atoms with E-state index < -0.39 is 0 Å². The first kappa shape index (κ1) is 17.2. The largest absolute Gasteiger partial charge is 0.339 e. The summed E-state index contributed by atoms with van der Waals surface area (Å²) in [5, 5.41) is 0. The molecule has 0 aliphatic carbocycles. The third kappa shape index (κ3) is 7.49. The molecule has 2 N–H and O–H groups in total. The van der Waals surface area contributed by atoms with Gasteiger partial charge in [-0.25, -0.2) is 0 Å². The van der Waals surface area contributed by atoms with E-state index in [4.69, 9.17) is 5.73 Å². The maximum atomic E-state index is 12.3. The molecule has 0 unspecified atom stereocenters. The first-order chi connectivity index (χ1) is 8.67. The zero-order valence-corrected chi connectivity index (χ0v) is 12.4. The van der Waals surface area contributed by atoms with E-state index in [9.17, 15) is 4.79 Å². The minimum atomic E-state index is 0.188. The number of amides is 1. The summed E-state index contributed by atoms with van der Waals surface area (Å²) < 4.78 is 0. The molecule has 0 fully saturated rings. The van der Waals surface area contributed by atoms with Gasteiger partial charge in [-0.3, -0.25) is 4.79 Å². The predicted molar refractivity (Wildman–Crippen MR) is 78.4 cm³/mol. The third-order valence-electron chi connectivity index (χ3n) is 3.05. The van der Waals surface area contributed by atoms with Crippen molar-refractivity contribution in [2.24, 2.45) is 5.73 Å². The van der Waals surface area contributed by atoms with Gasteiger partial charge in [-0.05, 0) is 32.7 Å². The summed E-state index contributed by atoms with van der Waals surface area (Å²) in [5.74, 6) is 0.188. The Morgan fingerprint density at radius 3 is 2.28 bits per heavy atom. The van der Waals surface area contributed by atoms with Gasteiger partial charge in [0.15, 0.2) is 0 Å². The summed E-state index contributed by atoms with van der Waals surface area (Å²) in [7, 11) is 0. The van der Waals surface area contributed by atoms with E-state index in [1.54, 1.807) is 0 Å². The van der Waals surface area contributed by atoms with Crippen LogP contribution in [0.1, 0.15) is 59.3 Å². The summed E-state index contributed by atoms with van der Waals surface area (Å²) in [6.45, 7) is 8.53. The summed E-state index contributed by atoms with van der Waals surface area (Å²) in [6, 6.07) is 0. The van der Waals surface area contributed by atoms with E-state index in [2.05, 4.69) is 19.9 Å². The lowest BCUT2D eigenvalue weighted by molar-refractivity contribution is -0.127. The quantitative estimate of drug-likeness (QED) is 0.481. The van der Waals surface area contributed by atoms with E-state index >= 15 is 0 Å². The molecule has 0 rings (SSSR count). The minimum Gasteiger partial charge on any atom is -0.339 e. The molecule has 0 saturated carbocycles. The molecule has 18 heavy (non-hydrogen) atoms. The highest BCUT2D eigenvalue weighted by atomic mass is 16.2. The fraction of sp³-hybridized carbons (Fsp3) is 0.800. The van der Waals surface area contributed by atoms with Crippen LogP contribution in [0.4, 0.5) is 0 Å². The van der Waals surface area contributed by atoms with Gasteiger partial charge in [0, 0.05) is 18.7 Å². The SMILES string of the molecule is CCCCC=C(C)C(=O)N(CCCC)CCCN. The second-order valence-electron chi connectivity index (χ2n) is 4.82. The van der Waals surface area contributed by atoms with Crippen molar-refractivity contribution in [1.82, 2.24) is 4.90 Å². The molecule has 0 aliphatic rings. The van der Waals surface area contributed by atoms with Crippen LogP contribution in [0.25, 0.3) is 0 Å². The number of carbonyl (C=O) groups is 1. The smallest absolute Gasteiger partial charge is 0.249 e. The second-order valence-corrected chi connectivity index (χ2v) is 4.82. The van der Waals surface area contributed by atoms with Gasteiger partial charge in [-0.2, -0.15) is 0 Å². The Morgan fingerprint density at radius 1 is 1.11 bits per heavy atom. The van der Waals surface area contributed by atoms with Gasteiger partial charge < -0.3 is 10.6 Å². The van der Waals surface area contributed by atoms with Crippen molar-refractivity contribution in [1.29, 1.82) is 0 Å². The Labute approximate surface area is 112 Å². The average molecular weight is 254 g/mol. The van der Waals surface area contributed by atoms with Gasteiger partial charge in [0.2, 0.25) is 5.91 Å². The molecule has 3 heteroatoms. The van der Waals surface area contributed by atoms with Gasteiger partial charge in [0.25, 0.3) is 0 Å². The van der Waals surface area contributed by atoms with E-state index in [0.29, 0.717) is 6.54 Å². The Balaban J connectivity index is 4.36. The number of hydrogen-bond acceptors (Lipinski definition) is 2. The zero-order chi connectivity index (χ0) is 13.8. The molecule has 1 amide bonds. The van der Waals surface area contributed by atoms with Gasteiger partial charge in [0.1, 0.15) is 0 Å². The first-order valence-corrected chi connectivity index (χ1v) is 7.33. The zero-order valence-electron chi connectivity index (χ0n) is 12.4. The lowest BCUT2D eigenvalue weighted by atomic mass is 10.1. The summed E-state index contributed by atoms with van der Waals surface area (Å²) in [5.41, 5.74) is 6.41. The molecule has 0 radical (unpaired) electrons. The maximum absolute atomic E-state index is 12.3. The predicted octanol–water partition coefficient (Wildman–Crippen LogP) is 3.10. The number of nitrogens with zero attached hydrogens (tertiary/aromatic N) is 1. The number of carbonyl (C=O) groups excluding carboxylic acids is 1. The van der Waals surface area contributed by atoms with Crippen LogP contribution in [0.15, 0.2) is 11.6 Å². The van der Waals surface area contributed by atoms with Gasteiger partial charge in [-0.1, -0.05) is 39.2 Å². The molecule has 0 bridgehead atoms. The Bertz CT molecular complexity index is 241. The minimum absolute atomic E-state index is 0.188. The molecule has 0 saturated heterocycles. The number of allylic oxidation sites excluding steroid dienone is 1. The van der Waals surface area contributed by atoms with E-state index in [0.717, 1.165) is 50.8 Å². The normalized spacial score (nSPS) is 11.7. The van der Waals surface area contributed by atoms with Crippen molar-refractivity contribution >= 4 is 5.91 Å². The van der Waals surface area contributed by atoms with Crippen molar-refractivity contribution < 1.29 is 4.79 Å². The molecule has 0 aliphatic heterocycles. The Hall–Kier alpha value is -0.830. The molecule has 0 aromatic carbocycles. The molecule has 0 aromatic heterocycles. The molecule has 0 aromatic rings. The lowest BCUT2D eigenvalue weighted by Gasteiger charge is -2.22. The van der Waals surface area contributed by atoms with Gasteiger partial charge in [0.05, 0.1) is 0 Å². The topological polar surface area (TPSA) is 46.3 Å². The molecular formula is C15H30N2O. The van der Waals surface area contributed by atoms with Crippen molar-refractivity contribution in [2.45, 2.75) is 59.3 Å². The van der Waals surface area contributed by atoms with Crippen LogP contribution < -0.4 is 5.73 Å².